The highest BCUT2D eigenvalue weighted by Crippen LogP contribution is 2.34. The number of nitrogens with zero attached hydrogens (tertiary/aromatic N) is 1. The Morgan fingerprint density at radius 1 is 1.15 bits per heavy atom. The molecular weight excluding hydrogens is 360 g/mol. The monoisotopic (exact) mass is 386 g/mol. The molecule has 0 unspecified atom stereocenters. The first-order valence-electron chi connectivity index (χ1n) is 9.06. The highest BCUT2D eigenvalue weighted by molar-refractivity contribution is 7.91. The molecule has 144 valence electrons. The summed E-state index contributed by atoms with van der Waals surface area (Å²) >= 11 is 0. The smallest absolute Gasteiger partial charge is 0.236 e. The fraction of sp³-hybridized carbons (Fsp3) is 0.381. The van der Waals surface area contributed by atoms with Crippen molar-refractivity contribution < 1.29 is 13.2 Å². The van der Waals surface area contributed by atoms with Gasteiger partial charge in [0.05, 0.1) is 11.4 Å². The van der Waals surface area contributed by atoms with Crippen molar-refractivity contribution in [3.8, 4) is 0 Å². The zero-order chi connectivity index (χ0) is 19.8. The molecule has 0 bridgehead atoms. The van der Waals surface area contributed by atoms with E-state index in [1.165, 1.54) is 0 Å². The van der Waals surface area contributed by atoms with Crippen LogP contribution in [0.4, 0.5) is 11.4 Å². The van der Waals surface area contributed by atoms with Gasteiger partial charge in [-0.15, -0.1) is 0 Å². The Morgan fingerprint density at radius 2 is 1.89 bits per heavy atom. The zero-order valence-corrected chi connectivity index (χ0v) is 17.1. The van der Waals surface area contributed by atoms with Crippen LogP contribution in [0.25, 0.3) is 0 Å². The van der Waals surface area contributed by atoms with Crippen molar-refractivity contribution in [1.29, 1.82) is 0 Å². The quantitative estimate of drug-likeness (QED) is 0.867. The maximum absolute atomic E-state index is 12.7. The fourth-order valence-corrected chi connectivity index (χ4v) is 4.47. The Bertz CT molecular complexity index is 975. The minimum atomic E-state index is -3.54. The first-order chi connectivity index (χ1) is 12.5. The molecule has 0 atom stereocenters. The Balaban J connectivity index is 1.82. The lowest BCUT2D eigenvalue weighted by Gasteiger charge is -2.26. The lowest BCUT2D eigenvalue weighted by molar-refractivity contribution is -0.125. The number of fused-ring (bicyclic) bond motifs is 1. The number of aryl methyl sites for hydroxylation is 1. The molecule has 0 saturated carbocycles. The number of rotatable bonds is 4. The SMILES string of the molecule is Cc1cccc(CS(=O)(=O)Nc2ccc3c(c2)N(C(=O)C(C)(C)C)CC3)c1. The molecule has 0 saturated heterocycles. The Hall–Kier alpha value is -2.34. The average molecular weight is 387 g/mol. The van der Waals surface area contributed by atoms with Crippen molar-refractivity contribution in [2.24, 2.45) is 5.41 Å². The zero-order valence-electron chi connectivity index (χ0n) is 16.2. The van der Waals surface area contributed by atoms with E-state index >= 15 is 0 Å². The molecule has 2 aromatic rings. The summed E-state index contributed by atoms with van der Waals surface area (Å²) in [6.07, 6.45) is 0.785. The molecule has 6 heteroatoms. The van der Waals surface area contributed by atoms with Crippen LogP contribution in [0.15, 0.2) is 42.5 Å². The summed E-state index contributed by atoms with van der Waals surface area (Å²) in [5.74, 6) is -0.0443. The van der Waals surface area contributed by atoms with E-state index in [0.29, 0.717) is 12.2 Å². The summed E-state index contributed by atoms with van der Waals surface area (Å²) in [4.78, 5) is 14.4. The largest absolute Gasteiger partial charge is 0.311 e. The summed E-state index contributed by atoms with van der Waals surface area (Å²) < 4.78 is 27.8. The van der Waals surface area contributed by atoms with Crippen LogP contribution in [0, 0.1) is 12.3 Å². The van der Waals surface area contributed by atoms with Gasteiger partial charge in [0.25, 0.3) is 0 Å². The standard InChI is InChI=1S/C21H26N2O3S/c1-15-6-5-7-16(12-15)14-27(25,26)22-18-9-8-17-10-11-23(19(17)13-18)20(24)21(2,3)4/h5-9,12-13,22H,10-11,14H2,1-4H3. The predicted octanol–water partition coefficient (Wildman–Crippen LogP) is 3.87. The molecule has 27 heavy (non-hydrogen) atoms. The lowest BCUT2D eigenvalue weighted by atomic mass is 9.94. The molecule has 5 nitrogen and oxygen atoms in total. The second-order valence-corrected chi connectivity index (χ2v) is 9.87. The number of sulfonamides is 1. The minimum Gasteiger partial charge on any atom is -0.311 e. The van der Waals surface area contributed by atoms with Crippen molar-refractivity contribution in [3.63, 3.8) is 0 Å². The van der Waals surface area contributed by atoms with Gasteiger partial charge in [0.15, 0.2) is 0 Å². The molecule has 1 N–H and O–H groups in total. The number of carbonyl (C=O) groups excluding carboxylic acids is 1. The predicted molar refractivity (Wildman–Crippen MR) is 109 cm³/mol. The number of anilines is 2. The molecular formula is C21H26N2O3S. The normalized spacial score (nSPS) is 14.1. The summed E-state index contributed by atoms with van der Waals surface area (Å²) in [7, 11) is -3.54. The Morgan fingerprint density at radius 3 is 2.56 bits per heavy atom. The van der Waals surface area contributed by atoms with E-state index in [0.717, 1.165) is 28.8 Å². The van der Waals surface area contributed by atoms with Gasteiger partial charge in [-0.05, 0) is 36.6 Å². The second-order valence-electron chi connectivity index (χ2n) is 8.15. The van der Waals surface area contributed by atoms with Crippen molar-refractivity contribution in [1.82, 2.24) is 0 Å². The first kappa shape index (κ1) is 19.4. The van der Waals surface area contributed by atoms with E-state index in [-0.39, 0.29) is 11.7 Å². The van der Waals surface area contributed by atoms with Gasteiger partial charge in [0.1, 0.15) is 0 Å². The van der Waals surface area contributed by atoms with Crippen LogP contribution in [0.2, 0.25) is 0 Å². The molecule has 0 radical (unpaired) electrons. The van der Waals surface area contributed by atoms with Gasteiger partial charge in [0, 0.05) is 17.6 Å². The van der Waals surface area contributed by atoms with Crippen LogP contribution in [0.3, 0.4) is 0 Å². The Kier molecular flexibility index (Phi) is 5.04. The van der Waals surface area contributed by atoms with Crippen LogP contribution >= 0.6 is 0 Å². The van der Waals surface area contributed by atoms with Crippen molar-refractivity contribution >= 4 is 27.3 Å². The molecule has 1 aliphatic rings. The van der Waals surface area contributed by atoms with E-state index in [4.69, 9.17) is 0 Å². The first-order valence-corrected chi connectivity index (χ1v) is 10.7. The van der Waals surface area contributed by atoms with E-state index in [1.54, 1.807) is 23.1 Å². The van der Waals surface area contributed by atoms with Crippen LogP contribution < -0.4 is 9.62 Å². The number of benzene rings is 2. The number of hydrogen-bond acceptors (Lipinski definition) is 3. The highest BCUT2D eigenvalue weighted by Gasteiger charge is 2.32. The van der Waals surface area contributed by atoms with E-state index in [9.17, 15) is 13.2 Å². The third-order valence-corrected chi connectivity index (χ3v) is 5.84. The molecule has 0 spiro atoms. The molecule has 1 amide bonds. The molecule has 1 heterocycles. The molecule has 0 aliphatic carbocycles. The van der Waals surface area contributed by atoms with E-state index < -0.39 is 15.4 Å². The highest BCUT2D eigenvalue weighted by atomic mass is 32.2. The number of amides is 1. The lowest BCUT2D eigenvalue weighted by Crippen LogP contribution is -2.38. The van der Waals surface area contributed by atoms with Crippen LogP contribution in [0.1, 0.15) is 37.5 Å². The third kappa shape index (κ3) is 4.50. The number of nitrogens with one attached hydrogen (secondary N) is 1. The molecule has 2 aromatic carbocycles. The van der Waals surface area contributed by atoms with Gasteiger partial charge in [-0.1, -0.05) is 56.7 Å². The van der Waals surface area contributed by atoms with Crippen LogP contribution in [-0.4, -0.2) is 20.9 Å². The van der Waals surface area contributed by atoms with Crippen molar-refractivity contribution in [2.75, 3.05) is 16.2 Å². The van der Waals surface area contributed by atoms with Gasteiger partial charge in [-0.25, -0.2) is 8.42 Å². The molecule has 0 fully saturated rings. The van der Waals surface area contributed by atoms with Gasteiger partial charge in [0.2, 0.25) is 15.9 Å². The topological polar surface area (TPSA) is 66.5 Å². The van der Waals surface area contributed by atoms with E-state index in [2.05, 4.69) is 4.72 Å². The summed E-state index contributed by atoms with van der Waals surface area (Å²) in [5.41, 5.74) is 3.63. The minimum absolute atomic E-state index is 0.0426. The van der Waals surface area contributed by atoms with Gasteiger partial charge in [-0.2, -0.15) is 0 Å². The van der Waals surface area contributed by atoms with Gasteiger partial charge >= 0.3 is 0 Å². The number of carbonyl (C=O) groups is 1. The average Bonchev–Trinajstić information content (AvgIpc) is 2.95. The number of hydrogen-bond donors (Lipinski definition) is 1. The Labute approximate surface area is 161 Å². The maximum Gasteiger partial charge on any atom is 0.236 e. The molecule has 3 rings (SSSR count). The van der Waals surface area contributed by atoms with Crippen LogP contribution in [-0.2, 0) is 27.0 Å². The second kappa shape index (κ2) is 7.00. The van der Waals surface area contributed by atoms with Gasteiger partial charge in [-0.3, -0.25) is 9.52 Å². The van der Waals surface area contributed by atoms with Crippen molar-refractivity contribution in [2.45, 2.75) is 39.9 Å². The summed E-state index contributed by atoms with van der Waals surface area (Å²) in [6.45, 7) is 8.24. The van der Waals surface area contributed by atoms with Gasteiger partial charge < -0.3 is 4.90 Å². The summed E-state index contributed by atoms with van der Waals surface area (Å²) in [6, 6.07) is 12.9. The van der Waals surface area contributed by atoms with Crippen LogP contribution in [0.5, 0.6) is 0 Å². The summed E-state index contributed by atoms with van der Waals surface area (Å²) in [5, 5.41) is 0. The fourth-order valence-electron chi connectivity index (χ4n) is 3.30. The van der Waals surface area contributed by atoms with Crippen molar-refractivity contribution in [3.05, 3.63) is 59.2 Å². The third-order valence-electron chi connectivity index (χ3n) is 4.58. The maximum atomic E-state index is 12.7. The van der Waals surface area contributed by atoms with E-state index in [1.807, 2.05) is 52.0 Å². The molecule has 0 aromatic heterocycles. The molecule has 1 aliphatic heterocycles.